The summed E-state index contributed by atoms with van der Waals surface area (Å²) in [6, 6.07) is 0. The first-order valence-electron chi connectivity index (χ1n) is 4.86. The highest BCUT2D eigenvalue weighted by atomic mass is 16.5. The van der Waals surface area contributed by atoms with E-state index in [-0.39, 0.29) is 0 Å². The number of ether oxygens (including phenoxy) is 1. The van der Waals surface area contributed by atoms with Crippen molar-refractivity contribution in [1.82, 2.24) is 25.5 Å². The maximum Gasteiger partial charge on any atom is 0.165 e. The highest BCUT2D eigenvalue weighted by molar-refractivity contribution is 4.78. The fraction of sp³-hybridized carbons (Fsp3) is 0.875. The van der Waals surface area contributed by atoms with Gasteiger partial charge in [0.25, 0.3) is 0 Å². The second-order valence-electron chi connectivity index (χ2n) is 2.90. The predicted octanol–water partition coefficient (Wildman–Crippen LogP) is -0.181. The van der Waals surface area contributed by atoms with Gasteiger partial charge in [0, 0.05) is 19.8 Å². The standard InChI is InChI=1S/C8H17N5O/c1-3-14-6-4-5-13-8(7-9-2)10-11-12-13/h9H,3-7H2,1-2H3. The van der Waals surface area contributed by atoms with E-state index in [1.54, 1.807) is 4.68 Å². The second-order valence-corrected chi connectivity index (χ2v) is 2.90. The molecule has 1 aromatic rings. The predicted molar refractivity (Wildman–Crippen MR) is 51.7 cm³/mol. The van der Waals surface area contributed by atoms with Crippen LogP contribution in [-0.4, -0.2) is 40.5 Å². The minimum Gasteiger partial charge on any atom is -0.382 e. The maximum absolute atomic E-state index is 5.23. The fourth-order valence-electron chi connectivity index (χ4n) is 1.14. The molecule has 1 N–H and O–H groups in total. The van der Waals surface area contributed by atoms with Crippen LogP contribution in [0.3, 0.4) is 0 Å². The first-order valence-corrected chi connectivity index (χ1v) is 4.86. The zero-order valence-electron chi connectivity index (χ0n) is 8.73. The van der Waals surface area contributed by atoms with Crippen molar-refractivity contribution in [1.29, 1.82) is 0 Å². The molecule has 0 atom stereocenters. The molecule has 0 amide bonds. The lowest BCUT2D eigenvalue weighted by Gasteiger charge is -2.03. The number of aryl methyl sites for hydroxylation is 1. The van der Waals surface area contributed by atoms with Crippen molar-refractivity contribution in [3.63, 3.8) is 0 Å². The minimum atomic E-state index is 0.696. The average molecular weight is 199 g/mol. The van der Waals surface area contributed by atoms with Crippen LogP contribution in [0.4, 0.5) is 0 Å². The Bertz CT molecular complexity index is 250. The van der Waals surface area contributed by atoms with Gasteiger partial charge >= 0.3 is 0 Å². The van der Waals surface area contributed by atoms with E-state index >= 15 is 0 Å². The van der Waals surface area contributed by atoms with Gasteiger partial charge in [0.1, 0.15) is 0 Å². The van der Waals surface area contributed by atoms with Gasteiger partial charge in [-0.25, -0.2) is 4.68 Å². The van der Waals surface area contributed by atoms with Crippen LogP contribution in [0.5, 0.6) is 0 Å². The van der Waals surface area contributed by atoms with E-state index in [1.165, 1.54) is 0 Å². The van der Waals surface area contributed by atoms with E-state index in [9.17, 15) is 0 Å². The smallest absolute Gasteiger partial charge is 0.165 e. The molecule has 6 nitrogen and oxygen atoms in total. The second kappa shape index (κ2) is 6.44. The van der Waals surface area contributed by atoms with Crippen molar-refractivity contribution in [2.24, 2.45) is 0 Å². The van der Waals surface area contributed by atoms with Crippen molar-refractivity contribution in [3.8, 4) is 0 Å². The molecule has 1 rings (SSSR count). The fourth-order valence-corrected chi connectivity index (χ4v) is 1.14. The summed E-state index contributed by atoms with van der Waals surface area (Å²) in [4.78, 5) is 0. The third-order valence-corrected chi connectivity index (χ3v) is 1.80. The molecular weight excluding hydrogens is 182 g/mol. The Morgan fingerprint density at radius 2 is 2.36 bits per heavy atom. The van der Waals surface area contributed by atoms with E-state index in [4.69, 9.17) is 4.74 Å². The number of rotatable bonds is 7. The number of hydrogen-bond donors (Lipinski definition) is 1. The van der Waals surface area contributed by atoms with Gasteiger partial charge in [-0.3, -0.25) is 0 Å². The minimum absolute atomic E-state index is 0.696. The van der Waals surface area contributed by atoms with Gasteiger partial charge in [-0.2, -0.15) is 0 Å². The van der Waals surface area contributed by atoms with E-state index in [0.717, 1.165) is 32.0 Å². The molecule has 80 valence electrons. The Balaban J connectivity index is 2.30. The van der Waals surface area contributed by atoms with Crippen molar-refractivity contribution < 1.29 is 4.74 Å². The highest BCUT2D eigenvalue weighted by Gasteiger charge is 2.03. The van der Waals surface area contributed by atoms with Gasteiger partial charge < -0.3 is 10.1 Å². The largest absolute Gasteiger partial charge is 0.382 e. The summed E-state index contributed by atoms with van der Waals surface area (Å²) in [5, 5.41) is 14.4. The molecule has 1 heterocycles. The molecule has 6 heteroatoms. The molecule has 1 aromatic heterocycles. The Labute approximate surface area is 83.6 Å². The maximum atomic E-state index is 5.23. The van der Waals surface area contributed by atoms with Gasteiger partial charge in [0.2, 0.25) is 0 Å². The van der Waals surface area contributed by atoms with Crippen LogP contribution in [-0.2, 0) is 17.8 Å². The topological polar surface area (TPSA) is 64.9 Å². The van der Waals surface area contributed by atoms with Crippen molar-refractivity contribution in [3.05, 3.63) is 5.82 Å². The van der Waals surface area contributed by atoms with Crippen molar-refractivity contribution >= 4 is 0 Å². The molecule has 0 aromatic carbocycles. The molecule has 0 saturated heterocycles. The molecule has 0 fully saturated rings. The van der Waals surface area contributed by atoms with Crippen LogP contribution in [0.1, 0.15) is 19.2 Å². The van der Waals surface area contributed by atoms with Crippen LogP contribution < -0.4 is 5.32 Å². The van der Waals surface area contributed by atoms with Gasteiger partial charge in [0.15, 0.2) is 5.82 Å². The number of nitrogens with one attached hydrogen (secondary N) is 1. The molecule has 0 unspecified atom stereocenters. The van der Waals surface area contributed by atoms with Gasteiger partial charge in [-0.15, -0.1) is 5.10 Å². The first-order chi connectivity index (χ1) is 6.88. The molecule has 0 aliphatic heterocycles. The molecule has 0 bridgehead atoms. The molecule has 14 heavy (non-hydrogen) atoms. The van der Waals surface area contributed by atoms with Crippen LogP contribution in [0, 0.1) is 0 Å². The number of aromatic nitrogens is 4. The Morgan fingerprint density at radius 1 is 1.50 bits per heavy atom. The SMILES string of the molecule is CCOCCCn1nnnc1CNC. The molecule has 0 saturated carbocycles. The van der Waals surface area contributed by atoms with Crippen molar-refractivity contribution in [2.75, 3.05) is 20.3 Å². The lowest BCUT2D eigenvalue weighted by atomic mass is 10.4. The Morgan fingerprint density at radius 3 is 3.07 bits per heavy atom. The third-order valence-electron chi connectivity index (χ3n) is 1.80. The third kappa shape index (κ3) is 3.39. The number of hydrogen-bond acceptors (Lipinski definition) is 5. The van der Waals surface area contributed by atoms with Gasteiger partial charge in [0.05, 0.1) is 6.54 Å². The van der Waals surface area contributed by atoms with Gasteiger partial charge in [-0.05, 0) is 30.8 Å². The van der Waals surface area contributed by atoms with E-state index in [0.29, 0.717) is 6.54 Å². The summed E-state index contributed by atoms with van der Waals surface area (Å²) in [7, 11) is 1.87. The normalized spacial score (nSPS) is 10.7. The average Bonchev–Trinajstić information content (AvgIpc) is 2.61. The van der Waals surface area contributed by atoms with Crippen LogP contribution >= 0.6 is 0 Å². The molecular formula is C8H17N5O. The summed E-state index contributed by atoms with van der Waals surface area (Å²) >= 11 is 0. The zero-order valence-corrected chi connectivity index (χ0v) is 8.73. The molecule has 0 aliphatic carbocycles. The molecule has 0 spiro atoms. The van der Waals surface area contributed by atoms with Crippen LogP contribution in [0.25, 0.3) is 0 Å². The zero-order chi connectivity index (χ0) is 10.2. The summed E-state index contributed by atoms with van der Waals surface area (Å²) in [5.41, 5.74) is 0. The van der Waals surface area contributed by atoms with E-state index in [1.807, 2.05) is 14.0 Å². The lowest BCUT2D eigenvalue weighted by molar-refractivity contribution is 0.140. The quantitative estimate of drug-likeness (QED) is 0.617. The van der Waals surface area contributed by atoms with Crippen LogP contribution in [0.2, 0.25) is 0 Å². The molecule has 0 aliphatic rings. The summed E-state index contributed by atoms with van der Waals surface area (Å²) in [5.74, 6) is 0.865. The molecule has 0 radical (unpaired) electrons. The monoisotopic (exact) mass is 199 g/mol. The van der Waals surface area contributed by atoms with E-state index in [2.05, 4.69) is 20.8 Å². The highest BCUT2D eigenvalue weighted by Crippen LogP contribution is 1.94. The first kappa shape index (κ1) is 11.1. The van der Waals surface area contributed by atoms with Crippen molar-refractivity contribution in [2.45, 2.75) is 26.4 Å². The Hall–Kier alpha value is -1.01. The number of nitrogens with zero attached hydrogens (tertiary/aromatic N) is 4. The van der Waals surface area contributed by atoms with Gasteiger partial charge in [-0.1, -0.05) is 0 Å². The summed E-state index contributed by atoms with van der Waals surface area (Å²) in [6.45, 7) is 5.02. The van der Waals surface area contributed by atoms with E-state index < -0.39 is 0 Å². The Kier molecular flexibility index (Phi) is 5.09. The lowest BCUT2D eigenvalue weighted by Crippen LogP contribution is -2.14. The summed E-state index contributed by atoms with van der Waals surface area (Å²) in [6.07, 6.45) is 0.940. The number of tetrazole rings is 1. The van der Waals surface area contributed by atoms with Crippen LogP contribution in [0.15, 0.2) is 0 Å². The summed E-state index contributed by atoms with van der Waals surface area (Å²) < 4.78 is 7.04.